The van der Waals surface area contributed by atoms with E-state index in [1.165, 1.54) is 6.07 Å². The zero-order valence-corrected chi connectivity index (χ0v) is 9.63. The molecule has 0 atom stereocenters. The van der Waals surface area contributed by atoms with Gasteiger partial charge in [-0.05, 0) is 31.9 Å². The molecule has 1 fully saturated rings. The zero-order valence-electron chi connectivity index (χ0n) is 9.63. The summed E-state index contributed by atoms with van der Waals surface area (Å²) in [5.74, 6) is 0. The second kappa shape index (κ2) is 4.53. The quantitative estimate of drug-likeness (QED) is 0.446. The van der Waals surface area contributed by atoms with Crippen LogP contribution in [-0.2, 0) is 0 Å². The Bertz CT molecular complexity index is 455. The molecular formula is C12H14N2O3. The molecule has 1 aliphatic rings. The van der Waals surface area contributed by atoms with Gasteiger partial charge in [0.2, 0.25) is 0 Å². The number of nitrogens with zero attached hydrogens (tertiary/aromatic N) is 2. The molecule has 0 spiro atoms. The molecule has 0 bridgehead atoms. The SMILES string of the molecule is CCN(c1ccc([N+](=O)[O-])c(C=O)c1)C1CC1. The van der Waals surface area contributed by atoms with Gasteiger partial charge in [-0.3, -0.25) is 14.9 Å². The van der Waals surface area contributed by atoms with Crippen molar-refractivity contribution in [2.24, 2.45) is 0 Å². The van der Waals surface area contributed by atoms with Gasteiger partial charge in [0, 0.05) is 24.3 Å². The summed E-state index contributed by atoms with van der Waals surface area (Å²) in [7, 11) is 0. The number of hydrogen-bond donors (Lipinski definition) is 0. The van der Waals surface area contributed by atoms with Gasteiger partial charge in [-0.15, -0.1) is 0 Å². The maximum atomic E-state index is 10.9. The monoisotopic (exact) mass is 234 g/mol. The summed E-state index contributed by atoms with van der Waals surface area (Å²) in [6, 6.07) is 5.25. The van der Waals surface area contributed by atoms with Crippen molar-refractivity contribution in [3.05, 3.63) is 33.9 Å². The second-order valence-corrected chi connectivity index (χ2v) is 4.14. The fourth-order valence-corrected chi connectivity index (χ4v) is 2.02. The van der Waals surface area contributed by atoms with Gasteiger partial charge in [-0.25, -0.2) is 0 Å². The molecule has 90 valence electrons. The Hall–Kier alpha value is -1.91. The lowest BCUT2D eigenvalue weighted by Crippen LogP contribution is -2.25. The predicted molar refractivity (Wildman–Crippen MR) is 64.5 cm³/mol. The van der Waals surface area contributed by atoms with E-state index in [0.717, 1.165) is 25.1 Å². The molecule has 1 saturated carbocycles. The van der Waals surface area contributed by atoms with Crippen LogP contribution in [0.3, 0.4) is 0 Å². The molecule has 0 saturated heterocycles. The fourth-order valence-electron chi connectivity index (χ4n) is 2.02. The van der Waals surface area contributed by atoms with Gasteiger partial charge in [-0.2, -0.15) is 0 Å². The van der Waals surface area contributed by atoms with E-state index in [0.29, 0.717) is 12.3 Å². The van der Waals surface area contributed by atoms with Crippen molar-refractivity contribution in [2.75, 3.05) is 11.4 Å². The van der Waals surface area contributed by atoms with Crippen LogP contribution in [-0.4, -0.2) is 23.8 Å². The Morgan fingerprint density at radius 1 is 1.53 bits per heavy atom. The highest BCUT2D eigenvalue weighted by Crippen LogP contribution is 2.33. The summed E-state index contributed by atoms with van der Waals surface area (Å²) >= 11 is 0. The van der Waals surface area contributed by atoms with Gasteiger partial charge in [0.05, 0.1) is 10.5 Å². The van der Waals surface area contributed by atoms with Crippen molar-refractivity contribution in [2.45, 2.75) is 25.8 Å². The molecule has 1 aromatic rings. The average Bonchev–Trinajstić information content (AvgIpc) is 3.14. The van der Waals surface area contributed by atoms with E-state index in [2.05, 4.69) is 4.90 Å². The van der Waals surface area contributed by atoms with Crippen molar-refractivity contribution in [3.63, 3.8) is 0 Å². The minimum atomic E-state index is -0.527. The molecule has 0 amide bonds. The largest absolute Gasteiger partial charge is 0.369 e. The first-order valence-electron chi connectivity index (χ1n) is 5.67. The molecule has 0 N–H and O–H groups in total. The third-order valence-corrected chi connectivity index (χ3v) is 2.99. The Balaban J connectivity index is 2.36. The van der Waals surface area contributed by atoms with Crippen molar-refractivity contribution in [1.29, 1.82) is 0 Å². The predicted octanol–water partition coefficient (Wildman–Crippen LogP) is 2.40. The first kappa shape index (κ1) is 11.6. The molecule has 1 aromatic carbocycles. The number of nitro groups is 1. The highest BCUT2D eigenvalue weighted by molar-refractivity contribution is 5.83. The number of benzene rings is 1. The molecule has 0 aromatic heterocycles. The fraction of sp³-hybridized carbons (Fsp3) is 0.417. The van der Waals surface area contributed by atoms with Crippen LogP contribution in [0.4, 0.5) is 11.4 Å². The summed E-state index contributed by atoms with van der Waals surface area (Å²) in [5.41, 5.74) is 0.907. The van der Waals surface area contributed by atoms with E-state index in [4.69, 9.17) is 0 Å². The van der Waals surface area contributed by atoms with Crippen molar-refractivity contribution in [3.8, 4) is 0 Å². The van der Waals surface area contributed by atoms with Crippen LogP contribution >= 0.6 is 0 Å². The van der Waals surface area contributed by atoms with Crippen molar-refractivity contribution >= 4 is 17.7 Å². The number of rotatable bonds is 5. The summed E-state index contributed by atoms with van der Waals surface area (Å²) in [5, 5.41) is 10.7. The summed E-state index contributed by atoms with van der Waals surface area (Å²) in [6.45, 7) is 2.89. The average molecular weight is 234 g/mol. The Morgan fingerprint density at radius 2 is 2.24 bits per heavy atom. The third-order valence-electron chi connectivity index (χ3n) is 2.99. The first-order chi connectivity index (χ1) is 8.17. The highest BCUT2D eigenvalue weighted by atomic mass is 16.6. The third kappa shape index (κ3) is 2.27. The van der Waals surface area contributed by atoms with Crippen LogP contribution in [0.2, 0.25) is 0 Å². The van der Waals surface area contributed by atoms with Crippen LogP contribution < -0.4 is 4.90 Å². The summed E-state index contributed by atoms with van der Waals surface area (Å²) in [4.78, 5) is 23.2. The van der Waals surface area contributed by atoms with Crippen molar-refractivity contribution < 1.29 is 9.72 Å². The Kier molecular flexibility index (Phi) is 3.08. The van der Waals surface area contributed by atoms with Gasteiger partial charge in [-0.1, -0.05) is 0 Å². The number of carbonyl (C=O) groups is 1. The van der Waals surface area contributed by atoms with Gasteiger partial charge in [0.25, 0.3) is 5.69 Å². The molecule has 2 rings (SSSR count). The standard InChI is InChI=1S/C12H14N2O3/c1-2-13(10-3-4-10)11-5-6-12(14(16)17)9(7-11)8-15/h5-8,10H,2-4H2,1H3. The molecule has 0 radical (unpaired) electrons. The summed E-state index contributed by atoms with van der Waals surface area (Å²) in [6.07, 6.45) is 2.85. The van der Waals surface area contributed by atoms with E-state index >= 15 is 0 Å². The molecule has 0 aliphatic heterocycles. The molecule has 5 heteroatoms. The van der Waals surface area contributed by atoms with Crippen LogP contribution in [0.15, 0.2) is 18.2 Å². The zero-order chi connectivity index (χ0) is 12.4. The van der Waals surface area contributed by atoms with E-state index < -0.39 is 4.92 Å². The number of hydrogen-bond acceptors (Lipinski definition) is 4. The lowest BCUT2D eigenvalue weighted by atomic mass is 10.1. The van der Waals surface area contributed by atoms with E-state index in [-0.39, 0.29) is 11.3 Å². The topological polar surface area (TPSA) is 63.4 Å². The maximum absolute atomic E-state index is 10.9. The lowest BCUT2D eigenvalue weighted by molar-refractivity contribution is -0.385. The van der Waals surface area contributed by atoms with Gasteiger partial charge >= 0.3 is 0 Å². The Morgan fingerprint density at radius 3 is 2.71 bits per heavy atom. The van der Waals surface area contributed by atoms with Gasteiger partial charge < -0.3 is 4.90 Å². The minimum Gasteiger partial charge on any atom is -0.369 e. The number of anilines is 1. The lowest BCUT2D eigenvalue weighted by Gasteiger charge is -2.22. The number of carbonyl (C=O) groups excluding carboxylic acids is 1. The smallest absolute Gasteiger partial charge is 0.280 e. The second-order valence-electron chi connectivity index (χ2n) is 4.14. The normalized spacial score (nSPS) is 14.4. The van der Waals surface area contributed by atoms with Crippen molar-refractivity contribution in [1.82, 2.24) is 0 Å². The van der Waals surface area contributed by atoms with E-state index in [1.54, 1.807) is 12.1 Å². The molecule has 0 heterocycles. The minimum absolute atomic E-state index is 0.129. The van der Waals surface area contributed by atoms with Crippen LogP contribution in [0.25, 0.3) is 0 Å². The van der Waals surface area contributed by atoms with E-state index in [1.807, 2.05) is 6.92 Å². The molecular weight excluding hydrogens is 220 g/mol. The van der Waals surface area contributed by atoms with Gasteiger partial charge in [0.1, 0.15) is 0 Å². The first-order valence-corrected chi connectivity index (χ1v) is 5.67. The molecule has 1 aliphatic carbocycles. The van der Waals surface area contributed by atoms with Crippen LogP contribution in [0.5, 0.6) is 0 Å². The maximum Gasteiger partial charge on any atom is 0.280 e. The Labute approximate surface area is 99.2 Å². The molecule has 0 unspecified atom stereocenters. The molecule has 5 nitrogen and oxygen atoms in total. The highest BCUT2D eigenvalue weighted by Gasteiger charge is 2.28. The van der Waals surface area contributed by atoms with Gasteiger partial charge in [0.15, 0.2) is 6.29 Å². The summed E-state index contributed by atoms with van der Waals surface area (Å²) < 4.78 is 0. The number of nitro benzene ring substituents is 1. The molecule has 17 heavy (non-hydrogen) atoms. The number of aldehydes is 1. The van der Waals surface area contributed by atoms with Crippen LogP contribution in [0, 0.1) is 10.1 Å². The van der Waals surface area contributed by atoms with E-state index in [9.17, 15) is 14.9 Å². The van der Waals surface area contributed by atoms with Crippen LogP contribution in [0.1, 0.15) is 30.1 Å².